The smallest absolute Gasteiger partial charge is 0.127 e. The summed E-state index contributed by atoms with van der Waals surface area (Å²) in [6.45, 7) is 3.12. The van der Waals surface area contributed by atoms with E-state index in [4.69, 9.17) is 22.1 Å². The number of nitrogens with two attached hydrogens (primary N) is 1. The first-order valence-electron chi connectivity index (χ1n) is 6.92. The molecule has 0 heterocycles. The lowest BCUT2D eigenvalue weighted by molar-refractivity contribution is 0.299. The summed E-state index contributed by atoms with van der Waals surface area (Å²) in [7, 11) is 0. The SMILES string of the molecule is CCCc1cc(Cl)cc(CN)c1OCc1ccccc1. The highest BCUT2D eigenvalue weighted by Crippen LogP contribution is 2.30. The Morgan fingerprint density at radius 2 is 1.80 bits per heavy atom. The highest BCUT2D eigenvalue weighted by Gasteiger charge is 2.11. The van der Waals surface area contributed by atoms with Gasteiger partial charge in [-0.3, -0.25) is 0 Å². The lowest BCUT2D eigenvalue weighted by Gasteiger charge is -2.16. The third-order valence-corrected chi connectivity index (χ3v) is 3.39. The molecule has 0 aliphatic heterocycles. The average molecular weight is 290 g/mol. The highest BCUT2D eigenvalue weighted by molar-refractivity contribution is 6.30. The number of hydrogen-bond acceptors (Lipinski definition) is 2. The predicted octanol–water partition coefficient (Wildman–Crippen LogP) is 4.33. The van der Waals surface area contributed by atoms with Crippen molar-refractivity contribution >= 4 is 11.6 Å². The van der Waals surface area contributed by atoms with E-state index in [0.29, 0.717) is 13.2 Å². The van der Waals surface area contributed by atoms with Gasteiger partial charge in [-0.05, 0) is 29.7 Å². The normalized spacial score (nSPS) is 10.6. The fraction of sp³-hybridized carbons (Fsp3) is 0.294. The molecule has 2 rings (SSSR count). The van der Waals surface area contributed by atoms with E-state index in [0.717, 1.165) is 40.3 Å². The van der Waals surface area contributed by atoms with Crippen LogP contribution in [0.2, 0.25) is 5.02 Å². The molecule has 106 valence electrons. The minimum atomic E-state index is 0.432. The van der Waals surface area contributed by atoms with Gasteiger partial charge >= 0.3 is 0 Å². The van der Waals surface area contributed by atoms with Crippen LogP contribution in [0.15, 0.2) is 42.5 Å². The topological polar surface area (TPSA) is 35.2 Å². The van der Waals surface area contributed by atoms with Crippen molar-refractivity contribution in [1.82, 2.24) is 0 Å². The Morgan fingerprint density at radius 3 is 2.45 bits per heavy atom. The van der Waals surface area contributed by atoms with Crippen molar-refractivity contribution in [3.05, 3.63) is 64.2 Å². The Hall–Kier alpha value is -1.51. The van der Waals surface area contributed by atoms with Crippen molar-refractivity contribution in [3.63, 3.8) is 0 Å². The van der Waals surface area contributed by atoms with Gasteiger partial charge in [-0.25, -0.2) is 0 Å². The van der Waals surface area contributed by atoms with Gasteiger partial charge in [0.05, 0.1) is 0 Å². The molecule has 0 aliphatic carbocycles. The highest BCUT2D eigenvalue weighted by atomic mass is 35.5. The molecule has 0 spiro atoms. The summed E-state index contributed by atoms with van der Waals surface area (Å²) in [5.74, 6) is 0.891. The molecule has 0 atom stereocenters. The summed E-state index contributed by atoms with van der Waals surface area (Å²) in [5.41, 5.74) is 9.07. The summed E-state index contributed by atoms with van der Waals surface area (Å²) in [5, 5.41) is 0.723. The van der Waals surface area contributed by atoms with Gasteiger partial charge in [-0.2, -0.15) is 0 Å². The van der Waals surface area contributed by atoms with E-state index >= 15 is 0 Å². The van der Waals surface area contributed by atoms with Crippen LogP contribution >= 0.6 is 11.6 Å². The minimum Gasteiger partial charge on any atom is -0.488 e. The maximum Gasteiger partial charge on any atom is 0.127 e. The molecule has 0 amide bonds. The van der Waals surface area contributed by atoms with Crippen LogP contribution < -0.4 is 10.5 Å². The van der Waals surface area contributed by atoms with Crippen LogP contribution in [0.25, 0.3) is 0 Å². The number of hydrogen-bond donors (Lipinski definition) is 1. The van der Waals surface area contributed by atoms with Crippen LogP contribution in [0.1, 0.15) is 30.0 Å². The zero-order chi connectivity index (χ0) is 14.4. The van der Waals surface area contributed by atoms with E-state index in [1.54, 1.807) is 0 Å². The number of benzene rings is 2. The van der Waals surface area contributed by atoms with Gasteiger partial charge in [0.2, 0.25) is 0 Å². The van der Waals surface area contributed by atoms with Crippen LogP contribution in [0, 0.1) is 0 Å². The van der Waals surface area contributed by atoms with Crippen LogP contribution in [0.5, 0.6) is 5.75 Å². The van der Waals surface area contributed by atoms with Crippen molar-refractivity contribution < 1.29 is 4.74 Å². The van der Waals surface area contributed by atoms with Crippen molar-refractivity contribution in [2.45, 2.75) is 32.9 Å². The molecule has 0 fully saturated rings. The van der Waals surface area contributed by atoms with Gasteiger partial charge in [0.25, 0.3) is 0 Å². The summed E-state index contributed by atoms with van der Waals surface area (Å²) in [4.78, 5) is 0. The van der Waals surface area contributed by atoms with Crippen molar-refractivity contribution in [3.8, 4) is 5.75 Å². The van der Waals surface area contributed by atoms with Crippen molar-refractivity contribution in [2.24, 2.45) is 5.73 Å². The largest absolute Gasteiger partial charge is 0.488 e. The molecule has 2 aromatic rings. The van der Waals surface area contributed by atoms with E-state index in [-0.39, 0.29) is 0 Å². The lowest BCUT2D eigenvalue weighted by Crippen LogP contribution is -2.06. The first-order valence-corrected chi connectivity index (χ1v) is 7.30. The van der Waals surface area contributed by atoms with Crippen molar-refractivity contribution in [2.75, 3.05) is 0 Å². The van der Waals surface area contributed by atoms with Gasteiger partial charge in [0, 0.05) is 17.1 Å². The molecule has 3 heteroatoms. The molecule has 0 radical (unpaired) electrons. The summed E-state index contributed by atoms with van der Waals surface area (Å²) in [6, 6.07) is 14.0. The second kappa shape index (κ2) is 7.32. The molecular weight excluding hydrogens is 270 g/mol. The first kappa shape index (κ1) is 14.9. The number of rotatable bonds is 6. The molecule has 0 saturated carbocycles. The van der Waals surface area contributed by atoms with Crippen molar-refractivity contribution in [1.29, 1.82) is 0 Å². The van der Waals surface area contributed by atoms with Crippen LogP contribution in [-0.2, 0) is 19.6 Å². The van der Waals surface area contributed by atoms with Gasteiger partial charge in [-0.1, -0.05) is 55.3 Å². The second-order valence-corrected chi connectivity index (χ2v) is 5.22. The van der Waals surface area contributed by atoms with E-state index in [1.165, 1.54) is 0 Å². The van der Waals surface area contributed by atoms with E-state index in [1.807, 2.05) is 30.3 Å². The van der Waals surface area contributed by atoms with E-state index in [2.05, 4.69) is 19.1 Å². The lowest BCUT2D eigenvalue weighted by atomic mass is 10.0. The quantitative estimate of drug-likeness (QED) is 0.859. The molecule has 0 bridgehead atoms. The van der Waals surface area contributed by atoms with Gasteiger partial charge < -0.3 is 10.5 Å². The molecule has 2 aromatic carbocycles. The van der Waals surface area contributed by atoms with E-state index < -0.39 is 0 Å². The van der Waals surface area contributed by atoms with Gasteiger partial charge in [0.1, 0.15) is 12.4 Å². The molecule has 2 nitrogen and oxygen atoms in total. The van der Waals surface area contributed by atoms with Gasteiger partial charge in [-0.15, -0.1) is 0 Å². The monoisotopic (exact) mass is 289 g/mol. The Kier molecular flexibility index (Phi) is 5.45. The first-order chi connectivity index (χ1) is 9.74. The zero-order valence-electron chi connectivity index (χ0n) is 11.7. The number of halogens is 1. The number of ether oxygens (including phenoxy) is 1. The van der Waals surface area contributed by atoms with Crippen LogP contribution in [0.3, 0.4) is 0 Å². The summed E-state index contributed by atoms with van der Waals surface area (Å²) in [6.07, 6.45) is 1.99. The summed E-state index contributed by atoms with van der Waals surface area (Å²) < 4.78 is 6.01. The Labute approximate surface area is 125 Å². The molecule has 0 aromatic heterocycles. The van der Waals surface area contributed by atoms with Crippen LogP contribution in [-0.4, -0.2) is 0 Å². The second-order valence-electron chi connectivity index (χ2n) is 4.78. The van der Waals surface area contributed by atoms with Gasteiger partial charge in [0.15, 0.2) is 0 Å². The Morgan fingerprint density at radius 1 is 1.10 bits per heavy atom. The zero-order valence-corrected chi connectivity index (χ0v) is 12.5. The fourth-order valence-corrected chi connectivity index (χ4v) is 2.50. The molecule has 20 heavy (non-hydrogen) atoms. The average Bonchev–Trinajstić information content (AvgIpc) is 2.47. The maximum absolute atomic E-state index is 6.14. The van der Waals surface area contributed by atoms with Crippen LogP contribution in [0.4, 0.5) is 0 Å². The molecular formula is C17H20ClNO. The molecule has 0 aliphatic rings. The fourth-order valence-electron chi connectivity index (χ4n) is 2.23. The Bertz CT molecular complexity index is 554. The number of aryl methyl sites for hydroxylation is 1. The summed E-state index contributed by atoms with van der Waals surface area (Å²) >= 11 is 6.14. The molecule has 2 N–H and O–H groups in total. The third kappa shape index (κ3) is 3.75. The molecule has 0 unspecified atom stereocenters. The third-order valence-electron chi connectivity index (χ3n) is 3.17. The maximum atomic E-state index is 6.14. The Balaban J connectivity index is 2.24. The standard InChI is InChI=1S/C17H20ClNO/c1-2-6-14-9-16(18)10-15(11-19)17(14)20-12-13-7-4-3-5-8-13/h3-5,7-10H,2,6,11-12,19H2,1H3. The minimum absolute atomic E-state index is 0.432. The molecule has 0 saturated heterocycles. The van der Waals surface area contributed by atoms with E-state index in [9.17, 15) is 0 Å². The predicted molar refractivity (Wildman–Crippen MR) is 84.1 cm³/mol.